The molecular formula is C16H23FN2O3. The van der Waals surface area contributed by atoms with E-state index >= 15 is 0 Å². The lowest BCUT2D eigenvalue weighted by molar-refractivity contribution is -0.0112. The van der Waals surface area contributed by atoms with E-state index in [4.69, 9.17) is 4.74 Å². The van der Waals surface area contributed by atoms with Gasteiger partial charge in [-0.3, -0.25) is 9.88 Å². The van der Waals surface area contributed by atoms with Gasteiger partial charge in [-0.25, -0.2) is 9.18 Å². The van der Waals surface area contributed by atoms with Crippen LogP contribution < -0.4 is 0 Å². The fourth-order valence-corrected chi connectivity index (χ4v) is 2.81. The van der Waals surface area contributed by atoms with Gasteiger partial charge in [0.1, 0.15) is 11.4 Å². The molecule has 0 unspecified atom stereocenters. The van der Waals surface area contributed by atoms with Crippen LogP contribution in [-0.4, -0.2) is 38.8 Å². The second kappa shape index (κ2) is 5.83. The summed E-state index contributed by atoms with van der Waals surface area (Å²) >= 11 is 0. The third-order valence-electron chi connectivity index (χ3n) is 3.89. The Bertz CT molecular complexity index is 559. The molecule has 1 aromatic heterocycles. The standard InChI is InChI=1S/C16H23FN2O3/c1-15(2,3)22-14(21)19-13(5-6-16(19,4)10-20)11-7-12(17)9-18-8-11/h7-9,13,20H,5-6,10H2,1-4H3/t13-,16+/m1/s1. The summed E-state index contributed by atoms with van der Waals surface area (Å²) in [6.45, 7) is 7.00. The summed E-state index contributed by atoms with van der Waals surface area (Å²) < 4.78 is 18.9. The highest BCUT2D eigenvalue weighted by Gasteiger charge is 2.47. The van der Waals surface area contributed by atoms with Gasteiger partial charge in [0, 0.05) is 6.20 Å². The molecule has 2 heterocycles. The molecule has 1 aliphatic rings. The SMILES string of the molecule is CC(C)(C)OC(=O)N1[C@@H](c2cncc(F)c2)CC[C@@]1(C)CO. The maximum absolute atomic E-state index is 13.4. The lowest BCUT2D eigenvalue weighted by Gasteiger charge is -2.38. The molecule has 0 radical (unpaired) electrons. The Labute approximate surface area is 130 Å². The van der Waals surface area contributed by atoms with Gasteiger partial charge in [-0.05, 0) is 52.2 Å². The van der Waals surface area contributed by atoms with Crippen LogP contribution in [0.3, 0.4) is 0 Å². The molecule has 22 heavy (non-hydrogen) atoms. The van der Waals surface area contributed by atoms with E-state index < -0.39 is 23.1 Å². The van der Waals surface area contributed by atoms with Crippen molar-refractivity contribution in [2.24, 2.45) is 0 Å². The first kappa shape index (κ1) is 16.7. The van der Waals surface area contributed by atoms with Crippen LogP contribution in [0.1, 0.15) is 52.1 Å². The number of pyridine rings is 1. The fourth-order valence-electron chi connectivity index (χ4n) is 2.81. The van der Waals surface area contributed by atoms with E-state index in [1.54, 1.807) is 27.0 Å². The summed E-state index contributed by atoms with van der Waals surface area (Å²) in [6.07, 6.45) is 3.41. The van der Waals surface area contributed by atoms with Crippen molar-refractivity contribution in [3.8, 4) is 0 Å². The summed E-state index contributed by atoms with van der Waals surface area (Å²) in [7, 11) is 0. The lowest BCUT2D eigenvalue weighted by Crippen LogP contribution is -2.50. The van der Waals surface area contributed by atoms with Gasteiger partial charge in [-0.1, -0.05) is 0 Å². The predicted molar refractivity (Wildman–Crippen MR) is 79.7 cm³/mol. The van der Waals surface area contributed by atoms with Crippen LogP contribution >= 0.6 is 0 Å². The topological polar surface area (TPSA) is 62.7 Å². The summed E-state index contributed by atoms with van der Waals surface area (Å²) in [5, 5.41) is 9.72. The molecular weight excluding hydrogens is 287 g/mol. The van der Waals surface area contributed by atoms with Gasteiger partial charge >= 0.3 is 6.09 Å². The van der Waals surface area contributed by atoms with Crippen LogP contribution in [0.4, 0.5) is 9.18 Å². The molecule has 0 saturated carbocycles. The molecule has 2 atom stereocenters. The number of amides is 1. The normalized spacial score (nSPS) is 25.4. The van der Waals surface area contributed by atoms with Gasteiger partial charge < -0.3 is 9.84 Å². The molecule has 1 aliphatic heterocycles. The molecule has 6 heteroatoms. The molecule has 5 nitrogen and oxygen atoms in total. The number of aliphatic hydroxyl groups excluding tert-OH is 1. The fraction of sp³-hybridized carbons (Fsp3) is 0.625. The van der Waals surface area contributed by atoms with E-state index in [-0.39, 0.29) is 12.6 Å². The smallest absolute Gasteiger partial charge is 0.411 e. The summed E-state index contributed by atoms with van der Waals surface area (Å²) in [5.74, 6) is -0.445. The minimum absolute atomic E-state index is 0.175. The molecule has 1 N–H and O–H groups in total. The minimum Gasteiger partial charge on any atom is -0.444 e. The van der Waals surface area contributed by atoms with Crippen molar-refractivity contribution in [1.82, 2.24) is 9.88 Å². The Balaban J connectivity index is 2.35. The molecule has 0 spiro atoms. The maximum Gasteiger partial charge on any atom is 0.411 e. The quantitative estimate of drug-likeness (QED) is 0.912. The van der Waals surface area contributed by atoms with Gasteiger partial charge in [0.05, 0.1) is 24.4 Å². The van der Waals surface area contributed by atoms with Crippen LogP contribution in [0.2, 0.25) is 0 Å². The third kappa shape index (κ3) is 3.38. The molecule has 122 valence electrons. The van der Waals surface area contributed by atoms with Crippen molar-refractivity contribution in [2.45, 2.75) is 57.7 Å². The van der Waals surface area contributed by atoms with Crippen LogP contribution in [0.15, 0.2) is 18.5 Å². The van der Waals surface area contributed by atoms with Crippen LogP contribution in [0.25, 0.3) is 0 Å². The number of halogens is 1. The minimum atomic E-state index is -0.723. The monoisotopic (exact) mass is 310 g/mol. The Morgan fingerprint density at radius 3 is 2.77 bits per heavy atom. The third-order valence-corrected chi connectivity index (χ3v) is 3.89. The van der Waals surface area contributed by atoms with Crippen molar-refractivity contribution in [2.75, 3.05) is 6.61 Å². The number of aliphatic hydroxyl groups is 1. The molecule has 1 fully saturated rings. The Morgan fingerprint density at radius 1 is 1.55 bits per heavy atom. The number of nitrogens with zero attached hydrogens (tertiary/aromatic N) is 2. The van der Waals surface area contributed by atoms with Crippen LogP contribution in [0, 0.1) is 5.82 Å². The van der Waals surface area contributed by atoms with E-state index in [0.717, 1.165) is 6.20 Å². The van der Waals surface area contributed by atoms with Crippen molar-refractivity contribution in [1.29, 1.82) is 0 Å². The average Bonchev–Trinajstić information content (AvgIpc) is 2.75. The molecule has 2 rings (SSSR count). The van der Waals surface area contributed by atoms with E-state index in [1.165, 1.54) is 11.0 Å². The highest BCUT2D eigenvalue weighted by atomic mass is 19.1. The lowest BCUT2D eigenvalue weighted by atomic mass is 10.0. The number of aromatic nitrogens is 1. The predicted octanol–water partition coefficient (Wildman–Crippen LogP) is 3.04. The Hall–Kier alpha value is -1.69. The number of rotatable bonds is 2. The van der Waals surface area contributed by atoms with Gasteiger partial charge in [-0.15, -0.1) is 0 Å². The zero-order valence-corrected chi connectivity index (χ0v) is 13.5. The molecule has 0 aromatic carbocycles. The maximum atomic E-state index is 13.4. The molecule has 1 saturated heterocycles. The van der Waals surface area contributed by atoms with Gasteiger partial charge in [-0.2, -0.15) is 0 Å². The Kier molecular flexibility index (Phi) is 4.42. The van der Waals surface area contributed by atoms with Crippen molar-refractivity contribution in [3.63, 3.8) is 0 Å². The summed E-state index contributed by atoms with van der Waals surface area (Å²) in [6, 6.07) is 1.02. The number of hydrogen-bond acceptors (Lipinski definition) is 4. The average molecular weight is 310 g/mol. The number of carbonyl (C=O) groups is 1. The first-order chi connectivity index (χ1) is 10.2. The molecule has 0 aliphatic carbocycles. The zero-order valence-electron chi connectivity index (χ0n) is 13.5. The highest BCUT2D eigenvalue weighted by molar-refractivity contribution is 5.70. The second-order valence-corrected chi connectivity index (χ2v) is 7.00. The van der Waals surface area contributed by atoms with Crippen molar-refractivity contribution < 1.29 is 19.0 Å². The largest absolute Gasteiger partial charge is 0.444 e. The van der Waals surface area contributed by atoms with Gasteiger partial charge in [0.15, 0.2) is 0 Å². The number of hydrogen-bond donors (Lipinski definition) is 1. The summed E-state index contributed by atoms with van der Waals surface area (Å²) in [4.78, 5) is 18.0. The summed E-state index contributed by atoms with van der Waals surface area (Å²) in [5.41, 5.74) is -0.747. The number of likely N-dealkylation sites (tertiary alicyclic amines) is 1. The van der Waals surface area contributed by atoms with E-state index in [1.807, 2.05) is 6.92 Å². The van der Waals surface area contributed by atoms with Gasteiger partial charge in [0.2, 0.25) is 0 Å². The first-order valence-corrected chi connectivity index (χ1v) is 7.40. The van der Waals surface area contributed by atoms with E-state index in [2.05, 4.69) is 4.98 Å². The van der Waals surface area contributed by atoms with Gasteiger partial charge in [0.25, 0.3) is 0 Å². The Morgan fingerprint density at radius 2 is 2.23 bits per heavy atom. The number of carbonyl (C=O) groups excluding carboxylic acids is 1. The number of ether oxygens (including phenoxy) is 1. The molecule has 1 amide bonds. The molecule has 0 bridgehead atoms. The van der Waals surface area contributed by atoms with Crippen LogP contribution in [0.5, 0.6) is 0 Å². The van der Waals surface area contributed by atoms with Crippen molar-refractivity contribution in [3.05, 3.63) is 29.8 Å². The van der Waals surface area contributed by atoms with E-state index in [0.29, 0.717) is 18.4 Å². The molecule has 1 aromatic rings. The van der Waals surface area contributed by atoms with E-state index in [9.17, 15) is 14.3 Å². The first-order valence-electron chi connectivity index (χ1n) is 7.40. The highest BCUT2D eigenvalue weighted by Crippen LogP contribution is 2.43. The van der Waals surface area contributed by atoms with Crippen molar-refractivity contribution >= 4 is 6.09 Å². The zero-order chi connectivity index (χ0) is 16.5. The van der Waals surface area contributed by atoms with Crippen LogP contribution in [-0.2, 0) is 4.74 Å². The second-order valence-electron chi connectivity index (χ2n) is 7.00.